The second-order valence-corrected chi connectivity index (χ2v) is 3.44. The van der Waals surface area contributed by atoms with E-state index in [0.717, 1.165) is 11.3 Å². The lowest BCUT2D eigenvalue weighted by atomic mass is 10.2. The van der Waals surface area contributed by atoms with Gasteiger partial charge in [0.05, 0.1) is 20.3 Å². The molecule has 1 rings (SSSR count). The summed E-state index contributed by atoms with van der Waals surface area (Å²) in [6.45, 7) is 0.260. The number of aliphatic carboxylic acids is 1. The van der Waals surface area contributed by atoms with E-state index in [2.05, 4.69) is 0 Å². The zero-order valence-electron chi connectivity index (χ0n) is 9.88. The zero-order valence-corrected chi connectivity index (χ0v) is 9.88. The van der Waals surface area contributed by atoms with Crippen molar-refractivity contribution < 1.29 is 24.1 Å². The van der Waals surface area contributed by atoms with Crippen molar-refractivity contribution in [3.63, 3.8) is 0 Å². The molecule has 0 aliphatic rings. The Morgan fingerprint density at radius 2 is 1.94 bits per heavy atom. The molecule has 5 nitrogen and oxygen atoms in total. The highest BCUT2D eigenvalue weighted by molar-refractivity contribution is 5.72. The van der Waals surface area contributed by atoms with Gasteiger partial charge in [0.1, 0.15) is 5.75 Å². The van der Waals surface area contributed by atoms with Gasteiger partial charge in [-0.1, -0.05) is 12.1 Å². The van der Waals surface area contributed by atoms with Crippen molar-refractivity contribution in [3.05, 3.63) is 29.8 Å². The summed E-state index contributed by atoms with van der Waals surface area (Å²) >= 11 is 0. The summed E-state index contributed by atoms with van der Waals surface area (Å²) in [4.78, 5) is 10.8. The van der Waals surface area contributed by atoms with Crippen molar-refractivity contribution in [1.82, 2.24) is 0 Å². The van der Waals surface area contributed by atoms with Crippen molar-refractivity contribution in [1.29, 1.82) is 0 Å². The summed E-state index contributed by atoms with van der Waals surface area (Å²) in [6.07, 6.45) is -0.942. The van der Waals surface area contributed by atoms with Crippen molar-refractivity contribution in [2.24, 2.45) is 0 Å². The fraction of sp³-hybridized carbons (Fsp3) is 0.417. The number of benzene rings is 1. The topological polar surface area (TPSA) is 65.0 Å². The van der Waals surface area contributed by atoms with Crippen LogP contribution in [0.25, 0.3) is 0 Å². The normalized spacial score (nSPS) is 12.1. The van der Waals surface area contributed by atoms with Crippen LogP contribution in [0, 0.1) is 0 Å². The summed E-state index contributed by atoms with van der Waals surface area (Å²) < 4.78 is 15.0. The second-order valence-electron chi connectivity index (χ2n) is 3.44. The van der Waals surface area contributed by atoms with Crippen LogP contribution >= 0.6 is 0 Å². The largest absolute Gasteiger partial charge is 0.497 e. The van der Waals surface area contributed by atoms with E-state index in [1.165, 1.54) is 7.11 Å². The summed E-state index contributed by atoms with van der Waals surface area (Å²) in [5.74, 6) is -0.277. The van der Waals surface area contributed by atoms with Crippen LogP contribution in [-0.2, 0) is 20.9 Å². The van der Waals surface area contributed by atoms with E-state index in [4.69, 9.17) is 19.3 Å². The van der Waals surface area contributed by atoms with Crippen LogP contribution in [-0.4, -0.2) is 38.0 Å². The summed E-state index contributed by atoms with van der Waals surface area (Å²) in [7, 11) is 3.03. The Bertz CT molecular complexity index is 346. The smallest absolute Gasteiger partial charge is 0.335 e. The molecule has 1 N–H and O–H groups in total. The first-order valence-electron chi connectivity index (χ1n) is 5.13. The number of carboxylic acids is 1. The lowest BCUT2D eigenvalue weighted by molar-refractivity contribution is -0.154. The van der Waals surface area contributed by atoms with Crippen LogP contribution in [0.3, 0.4) is 0 Å². The number of rotatable bonds is 7. The second kappa shape index (κ2) is 6.88. The van der Waals surface area contributed by atoms with Crippen molar-refractivity contribution in [2.45, 2.75) is 12.7 Å². The molecule has 0 aliphatic carbocycles. The first kappa shape index (κ1) is 13.5. The lowest BCUT2D eigenvalue weighted by Crippen LogP contribution is -2.28. The molecule has 1 unspecified atom stereocenters. The molecule has 0 saturated heterocycles. The van der Waals surface area contributed by atoms with Gasteiger partial charge in [-0.15, -0.1) is 0 Å². The number of carbonyl (C=O) groups is 1. The van der Waals surface area contributed by atoms with Gasteiger partial charge in [0.15, 0.2) is 6.10 Å². The summed E-state index contributed by atoms with van der Waals surface area (Å²) in [5.41, 5.74) is 0.883. The molecular formula is C12H16O5. The van der Waals surface area contributed by atoms with Crippen molar-refractivity contribution in [2.75, 3.05) is 20.8 Å². The minimum absolute atomic E-state index is 0.0332. The maximum absolute atomic E-state index is 10.8. The predicted octanol–water partition coefficient (Wildman–Crippen LogP) is 1.31. The SMILES string of the molecule is COCC(OCc1ccc(OC)cc1)C(=O)O. The average Bonchev–Trinajstić information content (AvgIpc) is 2.34. The number of hydrogen-bond donors (Lipinski definition) is 1. The lowest BCUT2D eigenvalue weighted by Gasteiger charge is -2.12. The Morgan fingerprint density at radius 1 is 1.29 bits per heavy atom. The van der Waals surface area contributed by atoms with E-state index < -0.39 is 12.1 Å². The van der Waals surface area contributed by atoms with Gasteiger partial charge < -0.3 is 19.3 Å². The number of carboxylic acid groups (broad SMARTS) is 1. The third kappa shape index (κ3) is 4.42. The number of methoxy groups -OCH3 is 2. The molecule has 1 atom stereocenters. The summed E-state index contributed by atoms with van der Waals surface area (Å²) in [5, 5.41) is 8.84. The van der Waals surface area contributed by atoms with Gasteiger partial charge in [-0.2, -0.15) is 0 Å². The van der Waals surface area contributed by atoms with Gasteiger partial charge in [0.25, 0.3) is 0 Å². The Morgan fingerprint density at radius 3 is 2.41 bits per heavy atom. The van der Waals surface area contributed by atoms with Crippen LogP contribution in [0.2, 0.25) is 0 Å². The van der Waals surface area contributed by atoms with Gasteiger partial charge in [0.2, 0.25) is 0 Å². The molecule has 1 aromatic carbocycles. The molecule has 0 aromatic heterocycles. The standard InChI is InChI=1S/C12H16O5/c1-15-8-11(12(13)14)17-7-9-3-5-10(16-2)6-4-9/h3-6,11H,7-8H2,1-2H3,(H,13,14). The van der Waals surface area contributed by atoms with Gasteiger partial charge >= 0.3 is 5.97 Å². The third-order valence-corrected chi connectivity index (χ3v) is 2.20. The molecular weight excluding hydrogens is 224 g/mol. The Hall–Kier alpha value is -1.59. The molecule has 0 saturated carbocycles. The minimum atomic E-state index is -1.03. The number of hydrogen-bond acceptors (Lipinski definition) is 4. The van der Waals surface area contributed by atoms with E-state index in [9.17, 15) is 4.79 Å². The van der Waals surface area contributed by atoms with Gasteiger partial charge in [-0.05, 0) is 17.7 Å². The number of ether oxygens (including phenoxy) is 3. The molecule has 0 aliphatic heterocycles. The first-order chi connectivity index (χ1) is 8.17. The fourth-order valence-electron chi connectivity index (χ4n) is 1.26. The highest BCUT2D eigenvalue weighted by Crippen LogP contribution is 2.12. The maximum atomic E-state index is 10.8. The van der Waals surface area contributed by atoms with Crippen molar-refractivity contribution >= 4 is 5.97 Å². The van der Waals surface area contributed by atoms with E-state index in [-0.39, 0.29) is 13.2 Å². The van der Waals surface area contributed by atoms with Gasteiger partial charge in [0, 0.05) is 7.11 Å². The maximum Gasteiger partial charge on any atom is 0.335 e. The predicted molar refractivity (Wildman–Crippen MR) is 61.1 cm³/mol. The Kier molecular flexibility index (Phi) is 5.45. The van der Waals surface area contributed by atoms with E-state index in [1.54, 1.807) is 19.2 Å². The van der Waals surface area contributed by atoms with Crippen LogP contribution in [0.5, 0.6) is 5.75 Å². The molecule has 0 heterocycles. The molecule has 0 bridgehead atoms. The van der Waals surface area contributed by atoms with Crippen LogP contribution in [0.1, 0.15) is 5.56 Å². The third-order valence-electron chi connectivity index (χ3n) is 2.20. The van der Waals surface area contributed by atoms with E-state index >= 15 is 0 Å². The monoisotopic (exact) mass is 240 g/mol. The molecule has 0 amide bonds. The summed E-state index contributed by atoms with van der Waals surface area (Å²) in [6, 6.07) is 7.24. The Labute approximate surface area is 99.9 Å². The molecule has 0 spiro atoms. The zero-order chi connectivity index (χ0) is 12.7. The first-order valence-corrected chi connectivity index (χ1v) is 5.13. The Balaban J connectivity index is 2.50. The van der Waals surface area contributed by atoms with Gasteiger partial charge in [-0.25, -0.2) is 4.79 Å². The van der Waals surface area contributed by atoms with Crippen molar-refractivity contribution in [3.8, 4) is 5.75 Å². The highest BCUT2D eigenvalue weighted by atomic mass is 16.5. The molecule has 0 radical (unpaired) electrons. The van der Waals surface area contributed by atoms with Crippen LogP contribution < -0.4 is 4.74 Å². The quantitative estimate of drug-likeness (QED) is 0.778. The molecule has 17 heavy (non-hydrogen) atoms. The molecule has 5 heteroatoms. The molecule has 1 aromatic rings. The minimum Gasteiger partial charge on any atom is -0.497 e. The van der Waals surface area contributed by atoms with Crippen LogP contribution in [0.15, 0.2) is 24.3 Å². The van der Waals surface area contributed by atoms with E-state index in [1.807, 2.05) is 12.1 Å². The fourth-order valence-corrected chi connectivity index (χ4v) is 1.26. The highest BCUT2D eigenvalue weighted by Gasteiger charge is 2.17. The van der Waals surface area contributed by atoms with E-state index in [0.29, 0.717) is 0 Å². The van der Waals surface area contributed by atoms with Gasteiger partial charge in [-0.3, -0.25) is 0 Å². The average molecular weight is 240 g/mol. The molecule has 0 fully saturated rings. The molecule has 94 valence electrons. The van der Waals surface area contributed by atoms with Crippen LogP contribution in [0.4, 0.5) is 0 Å².